The maximum atomic E-state index is 13.2. The van der Waals surface area contributed by atoms with E-state index in [-0.39, 0.29) is 11.4 Å². The molecule has 0 saturated carbocycles. The van der Waals surface area contributed by atoms with Crippen LogP contribution in [-0.4, -0.2) is 28.6 Å². The van der Waals surface area contributed by atoms with E-state index in [1.807, 2.05) is 0 Å². The van der Waals surface area contributed by atoms with Crippen LogP contribution in [0.25, 0.3) is 0 Å². The Hall–Kier alpha value is -0.980. The molecule has 2 N–H and O–H groups in total. The van der Waals surface area contributed by atoms with Crippen LogP contribution < -0.4 is 10.0 Å². The van der Waals surface area contributed by atoms with E-state index in [0.717, 1.165) is 6.07 Å². The lowest BCUT2D eigenvalue weighted by Gasteiger charge is -2.07. The molecule has 0 amide bonds. The summed E-state index contributed by atoms with van der Waals surface area (Å²) in [5, 5.41) is 2.81. The molecule has 4 nitrogen and oxygen atoms in total. The van der Waals surface area contributed by atoms with Gasteiger partial charge in [0.25, 0.3) is 0 Å². The van der Waals surface area contributed by atoms with E-state index in [9.17, 15) is 12.8 Å². The minimum absolute atomic E-state index is 0.0493. The van der Waals surface area contributed by atoms with Gasteiger partial charge in [-0.05, 0) is 31.7 Å². The van der Waals surface area contributed by atoms with Gasteiger partial charge in [0.1, 0.15) is 5.82 Å². The molecule has 1 aromatic rings. The number of rotatable bonds is 5. The van der Waals surface area contributed by atoms with Crippen molar-refractivity contribution in [3.05, 3.63) is 29.6 Å². The summed E-state index contributed by atoms with van der Waals surface area (Å²) in [6.07, 6.45) is 0. The van der Waals surface area contributed by atoms with E-state index >= 15 is 0 Å². The second kappa shape index (κ2) is 5.38. The normalized spacial score (nSPS) is 11.7. The van der Waals surface area contributed by atoms with Crippen LogP contribution in [-0.2, 0) is 10.0 Å². The first-order valence-corrected chi connectivity index (χ1v) is 6.36. The predicted molar refractivity (Wildman–Crippen MR) is 60.3 cm³/mol. The van der Waals surface area contributed by atoms with Gasteiger partial charge in [0.05, 0.1) is 4.90 Å². The van der Waals surface area contributed by atoms with Crippen LogP contribution >= 0.6 is 0 Å². The third kappa shape index (κ3) is 3.26. The molecule has 0 aliphatic carbocycles. The Bertz CT molecular complexity index is 460. The molecule has 1 aromatic carbocycles. The molecule has 0 aliphatic rings. The topological polar surface area (TPSA) is 58.2 Å². The van der Waals surface area contributed by atoms with E-state index in [1.165, 1.54) is 12.1 Å². The molecule has 0 heterocycles. The van der Waals surface area contributed by atoms with Crippen LogP contribution in [0.5, 0.6) is 0 Å². The van der Waals surface area contributed by atoms with Crippen LogP contribution in [0.2, 0.25) is 0 Å². The van der Waals surface area contributed by atoms with Gasteiger partial charge in [0.2, 0.25) is 10.0 Å². The molecule has 0 aliphatic heterocycles. The number of nitrogens with one attached hydrogen (secondary N) is 2. The zero-order chi connectivity index (χ0) is 12.2. The highest BCUT2D eigenvalue weighted by Gasteiger charge is 2.14. The summed E-state index contributed by atoms with van der Waals surface area (Å²) in [6.45, 7) is 2.38. The lowest BCUT2D eigenvalue weighted by molar-refractivity contribution is 0.575. The lowest BCUT2D eigenvalue weighted by Crippen LogP contribution is -2.30. The molecule has 0 aromatic heterocycles. The fourth-order valence-electron chi connectivity index (χ4n) is 1.13. The van der Waals surface area contributed by atoms with Crippen LogP contribution in [0.3, 0.4) is 0 Å². The molecular formula is C10H15FN2O2S. The van der Waals surface area contributed by atoms with Gasteiger partial charge in [0.15, 0.2) is 0 Å². The summed E-state index contributed by atoms with van der Waals surface area (Å²) in [4.78, 5) is -0.0493. The molecule has 0 saturated heterocycles. The molecule has 0 atom stereocenters. The fraction of sp³-hybridized carbons (Fsp3) is 0.400. The Morgan fingerprint density at radius 2 is 2.00 bits per heavy atom. The molecule has 16 heavy (non-hydrogen) atoms. The second-order valence-corrected chi connectivity index (χ2v) is 5.18. The van der Waals surface area contributed by atoms with Gasteiger partial charge in [-0.15, -0.1) is 0 Å². The monoisotopic (exact) mass is 246 g/mol. The van der Waals surface area contributed by atoms with E-state index in [0.29, 0.717) is 12.1 Å². The van der Waals surface area contributed by atoms with Crippen LogP contribution in [0.1, 0.15) is 5.56 Å². The Morgan fingerprint density at radius 3 is 2.56 bits per heavy atom. The first-order valence-electron chi connectivity index (χ1n) is 4.88. The molecule has 0 radical (unpaired) electrons. The molecule has 6 heteroatoms. The summed E-state index contributed by atoms with van der Waals surface area (Å²) >= 11 is 0. The largest absolute Gasteiger partial charge is 0.318 e. The Labute approximate surface area is 94.9 Å². The third-order valence-electron chi connectivity index (χ3n) is 2.12. The Kier molecular flexibility index (Phi) is 4.40. The molecule has 0 fully saturated rings. The highest BCUT2D eigenvalue weighted by molar-refractivity contribution is 7.89. The van der Waals surface area contributed by atoms with Gasteiger partial charge in [-0.1, -0.05) is 6.07 Å². The van der Waals surface area contributed by atoms with Crippen molar-refractivity contribution in [2.75, 3.05) is 20.1 Å². The molecule has 1 rings (SSSR count). The summed E-state index contributed by atoms with van der Waals surface area (Å²) in [5.41, 5.74) is 0.425. The number of hydrogen-bond donors (Lipinski definition) is 2. The van der Waals surface area contributed by atoms with E-state index in [4.69, 9.17) is 0 Å². The van der Waals surface area contributed by atoms with E-state index in [2.05, 4.69) is 10.0 Å². The van der Waals surface area contributed by atoms with Gasteiger partial charge >= 0.3 is 0 Å². The van der Waals surface area contributed by atoms with Gasteiger partial charge in [0, 0.05) is 13.1 Å². The van der Waals surface area contributed by atoms with Crippen molar-refractivity contribution in [1.29, 1.82) is 0 Å². The van der Waals surface area contributed by atoms with Crippen LogP contribution in [0.4, 0.5) is 4.39 Å². The molecule has 0 unspecified atom stereocenters. The second-order valence-electron chi connectivity index (χ2n) is 3.41. The first kappa shape index (κ1) is 13.1. The summed E-state index contributed by atoms with van der Waals surface area (Å²) in [6, 6.07) is 3.86. The quantitative estimate of drug-likeness (QED) is 0.749. The minimum Gasteiger partial charge on any atom is -0.318 e. The van der Waals surface area contributed by atoms with E-state index in [1.54, 1.807) is 14.0 Å². The van der Waals surface area contributed by atoms with Crippen molar-refractivity contribution in [2.45, 2.75) is 11.8 Å². The molecule has 0 bridgehead atoms. The average Bonchev–Trinajstić information content (AvgIpc) is 2.22. The number of benzene rings is 1. The van der Waals surface area contributed by atoms with Crippen molar-refractivity contribution in [3.8, 4) is 0 Å². The van der Waals surface area contributed by atoms with Crippen molar-refractivity contribution >= 4 is 10.0 Å². The fourth-order valence-corrected chi connectivity index (χ4v) is 2.18. The predicted octanol–water partition coefficient (Wildman–Crippen LogP) is 0.632. The molecule has 0 spiro atoms. The standard InChI is InChI=1S/C10H15FN2O2S/c1-8-3-4-9(7-10(8)11)16(14,15)13-6-5-12-2/h3-4,7,12-13H,5-6H2,1-2H3. The summed E-state index contributed by atoms with van der Waals surface area (Å²) < 4.78 is 38.9. The van der Waals surface area contributed by atoms with Crippen LogP contribution in [0.15, 0.2) is 23.1 Å². The lowest BCUT2D eigenvalue weighted by atomic mass is 10.2. The summed E-state index contributed by atoms with van der Waals surface area (Å²) in [5.74, 6) is -0.517. The third-order valence-corrected chi connectivity index (χ3v) is 3.58. The van der Waals surface area contributed by atoms with Crippen LogP contribution in [0, 0.1) is 12.7 Å². The zero-order valence-corrected chi connectivity index (χ0v) is 10.1. The number of sulfonamides is 1. The number of likely N-dealkylation sites (N-methyl/N-ethyl adjacent to an activating group) is 1. The average molecular weight is 246 g/mol. The molecular weight excluding hydrogens is 231 g/mol. The maximum absolute atomic E-state index is 13.2. The van der Waals surface area contributed by atoms with Gasteiger partial charge < -0.3 is 5.32 Å². The van der Waals surface area contributed by atoms with E-state index < -0.39 is 15.8 Å². The Morgan fingerprint density at radius 1 is 1.31 bits per heavy atom. The first-order chi connectivity index (χ1) is 7.47. The Balaban J connectivity index is 2.86. The van der Waals surface area contributed by atoms with Crippen molar-refractivity contribution in [2.24, 2.45) is 0 Å². The van der Waals surface area contributed by atoms with Crippen molar-refractivity contribution in [3.63, 3.8) is 0 Å². The number of hydrogen-bond acceptors (Lipinski definition) is 3. The highest BCUT2D eigenvalue weighted by atomic mass is 32.2. The van der Waals surface area contributed by atoms with Gasteiger partial charge in [-0.25, -0.2) is 17.5 Å². The maximum Gasteiger partial charge on any atom is 0.240 e. The number of aryl methyl sites for hydroxylation is 1. The molecule has 90 valence electrons. The zero-order valence-electron chi connectivity index (χ0n) is 9.25. The summed E-state index contributed by atoms with van der Waals surface area (Å²) in [7, 11) is -1.88. The van der Waals surface area contributed by atoms with Gasteiger partial charge in [-0.2, -0.15) is 0 Å². The van der Waals surface area contributed by atoms with Gasteiger partial charge in [-0.3, -0.25) is 0 Å². The minimum atomic E-state index is -3.60. The number of halogens is 1. The smallest absolute Gasteiger partial charge is 0.240 e. The SMILES string of the molecule is CNCCNS(=O)(=O)c1ccc(C)c(F)c1. The highest BCUT2D eigenvalue weighted by Crippen LogP contribution is 2.13. The van der Waals surface area contributed by atoms with Crippen molar-refractivity contribution in [1.82, 2.24) is 10.0 Å². The van der Waals surface area contributed by atoms with Crippen molar-refractivity contribution < 1.29 is 12.8 Å².